The number of fused-ring (bicyclic) bond motifs is 7. The van der Waals surface area contributed by atoms with Crippen LogP contribution in [0.15, 0.2) is 24.3 Å². The van der Waals surface area contributed by atoms with Gasteiger partial charge in [0.25, 0.3) is 0 Å². The Morgan fingerprint density at radius 3 is 2.43 bits per heavy atom. The molecule has 1 saturated carbocycles. The van der Waals surface area contributed by atoms with Crippen molar-refractivity contribution in [2.75, 3.05) is 13.7 Å². The third-order valence-corrected chi connectivity index (χ3v) is 14.7. The van der Waals surface area contributed by atoms with Gasteiger partial charge in [-0.25, -0.2) is 0 Å². The molecule has 53 heavy (non-hydrogen) atoms. The number of methoxy groups -OCH3 is 1. The minimum absolute atomic E-state index is 0.00462. The average Bonchev–Trinajstić information content (AvgIpc) is 3.64. The van der Waals surface area contributed by atoms with Crippen molar-refractivity contribution in [1.29, 1.82) is 0 Å². The fraction of sp³-hybridized carbons (Fsp3) is 0.878. The number of carbonyl (C=O) groups is 1. The van der Waals surface area contributed by atoms with Gasteiger partial charge in [0, 0.05) is 69.9 Å². The van der Waals surface area contributed by atoms with Gasteiger partial charge in [0.1, 0.15) is 11.9 Å². The molecular weight excluding hydrogens is 682 g/mol. The molecule has 296 valence electrons. The lowest BCUT2D eigenvalue weighted by atomic mass is 9.57. The molecule has 8 saturated heterocycles. The lowest BCUT2D eigenvalue weighted by molar-refractivity contribution is -0.470. The molecule has 9 bridgehead atoms. The lowest BCUT2D eigenvalue weighted by Crippen LogP contribution is -2.81. The summed E-state index contributed by atoms with van der Waals surface area (Å²) in [6, 6.07) is 0. The Labute approximate surface area is 313 Å². The topological polar surface area (TPSA) is 157 Å². The molecule has 0 amide bonds. The molecule has 0 radical (unpaired) electrons. The highest BCUT2D eigenvalue weighted by Crippen LogP contribution is 2.60. The molecule has 8 aliphatic heterocycles. The molecule has 9 fully saturated rings. The van der Waals surface area contributed by atoms with Crippen LogP contribution in [-0.2, 0) is 42.7 Å². The van der Waals surface area contributed by atoms with Gasteiger partial charge in [-0.2, -0.15) is 0 Å². The predicted molar refractivity (Wildman–Crippen MR) is 191 cm³/mol. The molecule has 9 rings (SSSR count). The van der Waals surface area contributed by atoms with Crippen LogP contribution < -0.4 is 5.73 Å². The minimum atomic E-state index is -0.912. The van der Waals surface area contributed by atoms with Gasteiger partial charge in [-0.15, -0.1) is 0 Å². The molecular formula is C41H61NO11. The normalized spacial score (nSPS) is 53.0. The van der Waals surface area contributed by atoms with Gasteiger partial charge >= 0.3 is 0 Å². The smallest absolute Gasteiger partial charge is 0.171 e. The molecule has 0 aromatic carbocycles. The average molecular weight is 744 g/mol. The van der Waals surface area contributed by atoms with Gasteiger partial charge in [0.05, 0.1) is 85.5 Å². The van der Waals surface area contributed by atoms with Gasteiger partial charge in [0.2, 0.25) is 0 Å². The highest BCUT2D eigenvalue weighted by molar-refractivity contribution is 5.79. The fourth-order valence-electron chi connectivity index (χ4n) is 11.9. The molecule has 12 heteroatoms. The number of Topliss-reactive ketones (excluding diaryl/α,β-unsaturated/α-hetero) is 1. The fourth-order valence-corrected chi connectivity index (χ4v) is 11.9. The molecule has 0 aromatic rings. The summed E-state index contributed by atoms with van der Waals surface area (Å²) >= 11 is 0. The van der Waals surface area contributed by atoms with Crippen LogP contribution in [0.5, 0.6) is 0 Å². The Morgan fingerprint density at radius 2 is 1.62 bits per heavy atom. The Balaban J connectivity index is 0.994. The monoisotopic (exact) mass is 743 g/mol. The molecule has 1 aliphatic carbocycles. The van der Waals surface area contributed by atoms with Gasteiger partial charge in [-0.1, -0.05) is 20.1 Å². The maximum absolute atomic E-state index is 14.1. The summed E-state index contributed by atoms with van der Waals surface area (Å²) in [5.41, 5.74) is 7.98. The molecule has 1 spiro atoms. The van der Waals surface area contributed by atoms with E-state index in [4.69, 9.17) is 43.6 Å². The van der Waals surface area contributed by atoms with E-state index in [1.807, 2.05) is 0 Å². The van der Waals surface area contributed by atoms with Crippen LogP contribution >= 0.6 is 0 Å². The Bertz CT molecular complexity index is 1410. The number of nitrogens with two attached hydrogens (primary N) is 1. The van der Waals surface area contributed by atoms with Gasteiger partial charge in [0.15, 0.2) is 5.79 Å². The van der Waals surface area contributed by atoms with Gasteiger partial charge in [-0.3, -0.25) is 4.79 Å². The lowest BCUT2D eigenvalue weighted by Gasteiger charge is -2.69. The summed E-state index contributed by atoms with van der Waals surface area (Å²) in [5, 5.41) is 21.9. The Kier molecular flexibility index (Phi) is 10.3. The summed E-state index contributed by atoms with van der Waals surface area (Å²) in [7, 11) is 1.66. The molecule has 9 aliphatic rings. The van der Waals surface area contributed by atoms with Crippen molar-refractivity contribution in [3.63, 3.8) is 0 Å². The summed E-state index contributed by atoms with van der Waals surface area (Å²) in [4.78, 5) is 14.1. The zero-order valence-corrected chi connectivity index (χ0v) is 31.4. The van der Waals surface area contributed by atoms with E-state index < -0.39 is 24.1 Å². The largest absolute Gasteiger partial charge is 0.392 e. The second kappa shape index (κ2) is 14.6. The third kappa shape index (κ3) is 6.73. The molecule has 8 heterocycles. The Morgan fingerprint density at radius 1 is 0.849 bits per heavy atom. The first-order valence-corrected chi connectivity index (χ1v) is 20.6. The van der Waals surface area contributed by atoms with Gasteiger partial charge in [-0.05, 0) is 62.0 Å². The number of ketones is 1. The van der Waals surface area contributed by atoms with Crippen molar-refractivity contribution in [3.8, 4) is 0 Å². The molecule has 4 N–H and O–H groups in total. The second-order valence-electron chi connectivity index (χ2n) is 18.0. The SMILES string of the molecule is C=C1C[C@@H]2CC[C@]34C[C@@H](O)C5C(O3)[C@H]3[C@@H](O4)[C@H]4O[C@H](CC[C@@H]4O[C@@H]53)CC(=O)C[C@@H]3[C@@H](OC)[C@@H](C[C@H](O)CN)O[C@H]3C[C@H]3O[C@@H](CC[C@@H]1O2)C[C@@H](C)C3=C. The number of aliphatic hydroxyl groups excluding tert-OH is 2. The van der Waals surface area contributed by atoms with Crippen LogP contribution in [0.25, 0.3) is 0 Å². The van der Waals surface area contributed by atoms with E-state index in [0.29, 0.717) is 32.1 Å². The number of aliphatic hydroxyl groups is 2. The molecule has 2 unspecified atom stereocenters. The number of rotatable bonds is 4. The van der Waals surface area contributed by atoms with Crippen LogP contribution in [0, 0.1) is 23.7 Å². The number of carbonyl (C=O) groups excluding carboxylic acids is 1. The predicted octanol–water partition coefficient (Wildman–Crippen LogP) is 3.28. The number of ether oxygens (including phenoxy) is 8. The summed E-state index contributed by atoms with van der Waals surface area (Å²) in [6.07, 6.45) is 4.19. The van der Waals surface area contributed by atoms with Crippen molar-refractivity contribution < 1.29 is 52.9 Å². The highest BCUT2D eigenvalue weighted by Gasteiger charge is 2.72. The zero-order valence-electron chi connectivity index (χ0n) is 31.4. The molecule has 0 aromatic heterocycles. The summed E-state index contributed by atoms with van der Waals surface area (Å²) in [5.74, 6) is -0.836. The Hall–Kier alpha value is -1.29. The van der Waals surface area contributed by atoms with Crippen LogP contribution in [0.2, 0.25) is 0 Å². The van der Waals surface area contributed by atoms with E-state index in [1.165, 1.54) is 0 Å². The first-order valence-electron chi connectivity index (χ1n) is 20.6. The molecule has 20 atom stereocenters. The van der Waals surface area contributed by atoms with Crippen molar-refractivity contribution in [2.45, 2.75) is 188 Å². The van der Waals surface area contributed by atoms with Crippen LogP contribution in [0.4, 0.5) is 0 Å². The minimum Gasteiger partial charge on any atom is -0.392 e. The van der Waals surface area contributed by atoms with E-state index in [2.05, 4.69) is 20.1 Å². The van der Waals surface area contributed by atoms with Crippen LogP contribution in [-0.4, -0.2) is 127 Å². The van der Waals surface area contributed by atoms with Crippen molar-refractivity contribution in [1.82, 2.24) is 0 Å². The van der Waals surface area contributed by atoms with Crippen LogP contribution in [0.1, 0.15) is 90.4 Å². The maximum Gasteiger partial charge on any atom is 0.171 e. The summed E-state index contributed by atoms with van der Waals surface area (Å²) in [6.45, 7) is 11.2. The van der Waals surface area contributed by atoms with E-state index >= 15 is 0 Å². The molecule has 12 nitrogen and oxygen atoms in total. The van der Waals surface area contributed by atoms with E-state index in [0.717, 1.165) is 49.7 Å². The van der Waals surface area contributed by atoms with Crippen LogP contribution in [0.3, 0.4) is 0 Å². The van der Waals surface area contributed by atoms with E-state index in [-0.39, 0.29) is 122 Å². The van der Waals surface area contributed by atoms with E-state index in [1.54, 1.807) is 7.11 Å². The zero-order chi connectivity index (χ0) is 36.8. The van der Waals surface area contributed by atoms with Gasteiger partial charge < -0.3 is 53.8 Å². The first kappa shape index (κ1) is 37.3. The first-order chi connectivity index (χ1) is 25.5. The number of hydrogen-bond acceptors (Lipinski definition) is 12. The maximum atomic E-state index is 14.1. The number of hydrogen-bond donors (Lipinski definition) is 3. The van der Waals surface area contributed by atoms with Crippen molar-refractivity contribution in [2.24, 2.45) is 29.4 Å². The highest BCUT2D eigenvalue weighted by atomic mass is 16.7. The van der Waals surface area contributed by atoms with E-state index in [9.17, 15) is 15.0 Å². The summed E-state index contributed by atoms with van der Waals surface area (Å²) < 4.78 is 53.4. The quantitative estimate of drug-likeness (QED) is 0.362. The second-order valence-corrected chi connectivity index (χ2v) is 18.0. The third-order valence-electron chi connectivity index (χ3n) is 14.7. The van der Waals surface area contributed by atoms with Crippen molar-refractivity contribution >= 4 is 5.78 Å². The standard InChI is InChI=1S/C41H61NO11/c1-19-11-24-5-7-29-20(2)12-26(47-29)9-10-41-17-28(45)34-38-35(39(34)52-41)40(53-41)37-30(51-38)8-6-25(49-37)13-22(43)14-27-32(16-31(48-24)21(19)3)50-33(36(27)46-4)15-23(44)18-42/h19,23-40,44-45H,2-3,5-18,42H2,1,4H3/t19-,23+,24+,25-,26+,27+,28-,29+,30+,31-,32+,33-,34?,35+,36-,37+,38+,39?,40-,41+/m1/s1. The van der Waals surface area contributed by atoms with Crippen molar-refractivity contribution in [3.05, 3.63) is 24.3 Å².